The predicted octanol–water partition coefficient (Wildman–Crippen LogP) is 3.88. The Kier molecular flexibility index (Phi) is 8.97. The maximum atomic E-state index is 13.2. The molecule has 0 fully saturated rings. The van der Waals surface area contributed by atoms with Crippen molar-refractivity contribution < 1.29 is 9.59 Å². The number of hydrogen-bond acceptors (Lipinski definition) is 2. The fourth-order valence-corrected chi connectivity index (χ4v) is 3.34. The number of aryl methyl sites for hydroxylation is 1. The van der Waals surface area contributed by atoms with Gasteiger partial charge in [0.15, 0.2) is 0 Å². The molecule has 29 heavy (non-hydrogen) atoms. The highest BCUT2D eigenvalue weighted by Crippen LogP contribution is 2.11. The van der Waals surface area contributed by atoms with Gasteiger partial charge in [-0.15, -0.1) is 0 Å². The topological polar surface area (TPSA) is 45.6 Å². The highest BCUT2D eigenvalue weighted by Gasteiger charge is 2.22. The summed E-state index contributed by atoms with van der Waals surface area (Å²) in [5.74, 6) is 0.391. The number of benzene rings is 1. The van der Waals surface area contributed by atoms with Gasteiger partial charge in [-0.2, -0.15) is 0 Å². The number of rotatable bonds is 11. The first-order chi connectivity index (χ1) is 13.9. The molecular formula is C24H35N3O2. The quantitative estimate of drug-likeness (QED) is 0.578. The van der Waals surface area contributed by atoms with E-state index >= 15 is 0 Å². The second-order valence-corrected chi connectivity index (χ2v) is 8.11. The molecule has 2 rings (SSSR count). The van der Waals surface area contributed by atoms with Gasteiger partial charge in [0.2, 0.25) is 11.8 Å². The minimum absolute atomic E-state index is 0.0115. The third-order valence-corrected chi connectivity index (χ3v) is 5.00. The predicted molar refractivity (Wildman–Crippen MR) is 117 cm³/mol. The Morgan fingerprint density at radius 1 is 1.00 bits per heavy atom. The molecular weight excluding hydrogens is 362 g/mol. The van der Waals surface area contributed by atoms with Gasteiger partial charge in [0.05, 0.1) is 19.5 Å². The van der Waals surface area contributed by atoms with Crippen molar-refractivity contribution in [3.8, 4) is 0 Å². The highest BCUT2D eigenvalue weighted by atomic mass is 16.2. The third kappa shape index (κ3) is 7.41. The van der Waals surface area contributed by atoms with Gasteiger partial charge in [-0.3, -0.25) is 9.59 Å². The minimum atomic E-state index is 0.0115. The first-order valence-corrected chi connectivity index (χ1v) is 10.6. The van der Waals surface area contributed by atoms with Crippen LogP contribution < -0.4 is 0 Å². The smallest absolute Gasteiger partial charge is 0.242 e. The minimum Gasteiger partial charge on any atom is -0.353 e. The maximum Gasteiger partial charge on any atom is 0.242 e. The Balaban J connectivity index is 2.09. The molecule has 0 bridgehead atoms. The van der Waals surface area contributed by atoms with E-state index < -0.39 is 0 Å². The van der Waals surface area contributed by atoms with Gasteiger partial charge in [0.25, 0.3) is 0 Å². The molecule has 0 spiro atoms. The molecule has 0 N–H and O–H groups in total. The zero-order chi connectivity index (χ0) is 21.2. The van der Waals surface area contributed by atoms with Crippen molar-refractivity contribution in [2.75, 3.05) is 19.6 Å². The van der Waals surface area contributed by atoms with E-state index in [4.69, 9.17) is 0 Å². The molecule has 0 radical (unpaired) electrons. The first kappa shape index (κ1) is 22.7. The lowest BCUT2D eigenvalue weighted by molar-refractivity contribution is -0.141. The van der Waals surface area contributed by atoms with Crippen molar-refractivity contribution in [3.63, 3.8) is 0 Å². The SMILES string of the molecule is CCCCN(CC(=O)N(Cc1cccn1C)CC(C)C)C(=O)Cc1ccccc1. The van der Waals surface area contributed by atoms with Gasteiger partial charge in [0.1, 0.15) is 0 Å². The summed E-state index contributed by atoms with van der Waals surface area (Å²) < 4.78 is 2.04. The summed E-state index contributed by atoms with van der Waals surface area (Å²) >= 11 is 0. The van der Waals surface area contributed by atoms with Crippen LogP contribution in [0.4, 0.5) is 0 Å². The zero-order valence-electron chi connectivity index (χ0n) is 18.3. The average Bonchev–Trinajstić information content (AvgIpc) is 3.09. The zero-order valence-corrected chi connectivity index (χ0v) is 18.3. The van der Waals surface area contributed by atoms with Crippen LogP contribution in [0, 0.1) is 5.92 Å². The molecule has 0 atom stereocenters. The molecule has 5 nitrogen and oxygen atoms in total. The monoisotopic (exact) mass is 397 g/mol. The van der Waals surface area contributed by atoms with Crippen molar-refractivity contribution in [1.29, 1.82) is 0 Å². The summed E-state index contributed by atoms with van der Waals surface area (Å²) in [6.07, 6.45) is 4.21. The van der Waals surface area contributed by atoms with Gasteiger partial charge in [-0.25, -0.2) is 0 Å². The van der Waals surface area contributed by atoms with E-state index in [2.05, 4.69) is 20.8 Å². The average molecular weight is 398 g/mol. The maximum absolute atomic E-state index is 13.2. The lowest BCUT2D eigenvalue weighted by atomic mass is 10.1. The Bertz CT molecular complexity index is 767. The van der Waals surface area contributed by atoms with Crippen LogP contribution in [0.25, 0.3) is 0 Å². The molecule has 1 aromatic carbocycles. The summed E-state index contributed by atoms with van der Waals surface area (Å²) in [7, 11) is 1.99. The van der Waals surface area contributed by atoms with Crippen LogP contribution in [-0.2, 0) is 29.6 Å². The Morgan fingerprint density at radius 2 is 1.72 bits per heavy atom. The van der Waals surface area contributed by atoms with Crippen molar-refractivity contribution in [1.82, 2.24) is 14.4 Å². The van der Waals surface area contributed by atoms with Crippen LogP contribution in [-0.4, -0.2) is 45.8 Å². The first-order valence-electron chi connectivity index (χ1n) is 10.6. The van der Waals surface area contributed by atoms with Crippen molar-refractivity contribution in [2.45, 2.75) is 46.6 Å². The summed E-state index contributed by atoms with van der Waals surface area (Å²) in [5, 5.41) is 0. The summed E-state index contributed by atoms with van der Waals surface area (Å²) in [4.78, 5) is 29.7. The summed E-state index contributed by atoms with van der Waals surface area (Å²) in [6, 6.07) is 13.8. The number of unbranched alkanes of at least 4 members (excludes halogenated alkanes) is 1. The number of amides is 2. The molecule has 158 valence electrons. The molecule has 0 saturated heterocycles. The van der Waals surface area contributed by atoms with Crippen LogP contribution in [0.1, 0.15) is 44.9 Å². The Labute approximate surface area is 175 Å². The van der Waals surface area contributed by atoms with E-state index in [-0.39, 0.29) is 18.4 Å². The molecule has 0 aliphatic heterocycles. The van der Waals surface area contributed by atoms with Gasteiger partial charge in [-0.05, 0) is 30.0 Å². The number of nitrogens with zero attached hydrogens (tertiary/aromatic N) is 3. The number of carbonyl (C=O) groups is 2. The molecule has 0 aliphatic carbocycles. The Morgan fingerprint density at radius 3 is 2.31 bits per heavy atom. The molecule has 5 heteroatoms. The lowest BCUT2D eigenvalue weighted by Crippen LogP contribution is -2.44. The lowest BCUT2D eigenvalue weighted by Gasteiger charge is -2.29. The second-order valence-electron chi connectivity index (χ2n) is 8.11. The van der Waals surface area contributed by atoms with E-state index in [1.54, 1.807) is 4.90 Å². The Hall–Kier alpha value is -2.56. The number of aromatic nitrogens is 1. The fraction of sp³-hybridized carbons (Fsp3) is 0.500. The van der Waals surface area contributed by atoms with E-state index in [9.17, 15) is 9.59 Å². The molecule has 2 aromatic rings. The van der Waals surface area contributed by atoms with E-state index in [0.717, 1.165) is 24.1 Å². The molecule has 1 aromatic heterocycles. The highest BCUT2D eigenvalue weighted by molar-refractivity contribution is 5.86. The standard InChI is InChI=1S/C24H35N3O2/c1-5-6-15-26(23(28)16-21-11-8-7-9-12-21)19-24(29)27(17-20(2)3)18-22-13-10-14-25(22)4/h7-14,20H,5-6,15-19H2,1-4H3. The molecule has 1 heterocycles. The second kappa shape index (κ2) is 11.4. The number of hydrogen-bond donors (Lipinski definition) is 0. The van der Waals surface area contributed by atoms with Crippen LogP contribution in [0.3, 0.4) is 0 Å². The third-order valence-electron chi connectivity index (χ3n) is 5.00. The van der Waals surface area contributed by atoms with Crippen LogP contribution in [0.2, 0.25) is 0 Å². The normalized spacial score (nSPS) is 10.9. The van der Waals surface area contributed by atoms with Gasteiger partial charge in [0, 0.05) is 32.0 Å². The fourth-order valence-electron chi connectivity index (χ4n) is 3.34. The van der Waals surface area contributed by atoms with Gasteiger partial charge >= 0.3 is 0 Å². The van der Waals surface area contributed by atoms with Crippen LogP contribution in [0.15, 0.2) is 48.7 Å². The van der Waals surface area contributed by atoms with E-state index in [0.29, 0.717) is 32.0 Å². The molecule has 0 unspecified atom stereocenters. The summed E-state index contributed by atoms with van der Waals surface area (Å²) in [6.45, 7) is 8.33. The largest absolute Gasteiger partial charge is 0.353 e. The van der Waals surface area contributed by atoms with E-state index in [1.165, 1.54) is 0 Å². The number of carbonyl (C=O) groups excluding carboxylic acids is 2. The van der Waals surface area contributed by atoms with Crippen LogP contribution in [0.5, 0.6) is 0 Å². The molecule has 2 amide bonds. The van der Waals surface area contributed by atoms with Crippen molar-refractivity contribution in [3.05, 3.63) is 59.9 Å². The van der Waals surface area contributed by atoms with Crippen molar-refractivity contribution >= 4 is 11.8 Å². The van der Waals surface area contributed by atoms with E-state index in [1.807, 2.05) is 65.2 Å². The summed E-state index contributed by atoms with van der Waals surface area (Å²) in [5.41, 5.74) is 2.07. The van der Waals surface area contributed by atoms with Crippen LogP contribution >= 0.6 is 0 Å². The molecule has 0 saturated carbocycles. The van der Waals surface area contributed by atoms with Crippen molar-refractivity contribution in [2.24, 2.45) is 13.0 Å². The van der Waals surface area contributed by atoms with Gasteiger partial charge in [-0.1, -0.05) is 57.5 Å². The van der Waals surface area contributed by atoms with Gasteiger partial charge < -0.3 is 14.4 Å². The molecule has 0 aliphatic rings.